The van der Waals surface area contributed by atoms with Crippen molar-refractivity contribution < 1.29 is 0 Å². The molecular formula is C44H83N. The molecule has 1 rings (SSSR count). The Balaban J connectivity index is 1.85. The summed E-state index contributed by atoms with van der Waals surface area (Å²) in [5, 5.41) is 3.74. The molecular weight excluding hydrogens is 542 g/mol. The Kier molecular flexibility index (Phi) is 32.1. The molecule has 0 saturated heterocycles. The Morgan fingerprint density at radius 2 is 0.667 bits per heavy atom. The molecule has 1 unspecified atom stereocenters. The topological polar surface area (TPSA) is 12.0 Å². The third-order valence-electron chi connectivity index (χ3n) is 10.2. The van der Waals surface area contributed by atoms with Crippen LogP contribution in [0.1, 0.15) is 238 Å². The van der Waals surface area contributed by atoms with E-state index in [1.807, 2.05) is 0 Å². The average Bonchev–Trinajstić information content (AvgIpc) is 3.05. The molecule has 1 aromatic rings. The second kappa shape index (κ2) is 34.4. The standard InChI is InChI=1S/C44H83N/c1-4-6-8-10-12-14-16-18-20-21-23-25-27-29-31-33-35-37-43-38-40-44(41-39-43)45-42(3)36-34-32-30-28-26-24-22-19-17-15-13-11-9-7-5-2/h38-42,45H,4-37H2,1-3H3. The molecule has 0 bridgehead atoms. The Morgan fingerprint density at radius 3 is 1.00 bits per heavy atom. The second-order valence-corrected chi connectivity index (χ2v) is 14.9. The predicted molar refractivity (Wildman–Crippen MR) is 207 cm³/mol. The summed E-state index contributed by atoms with van der Waals surface area (Å²) in [4.78, 5) is 0. The molecule has 0 aliphatic heterocycles. The molecule has 0 fully saturated rings. The molecule has 1 N–H and O–H groups in total. The van der Waals surface area contributed by atoms with Crippen LogP contribution in [0.5, 0.6) is 0 Å². The lowest BCUT2D eigenvalue weighted by Gasteiger charge is -2.15. The van der Waals surface area contributed by atoms with E-state index >= 15 is 0 Å². The summed E-state index contributed by atoms with van der Waals surface area (Å²) < 4.78 is 0. The summed E-state index contributed by atoms with van der Waals surface area (Å²) in [6.45, 7) is 6.97. The molecule has 45 heavy (non-hydrogen) atoms. The molecule has 0 saturated carbocycles. The maximum atomic E-state index is 3.74. The van der Waals surface area contributed by atoms with Gasteiger partial charge in [0.1, 0.15) is 0 Å². The molecule has 0 heterocycles. The smallest absolute Gasteiger partial charge is 0.0342 e. The van der Waals surface area contributed by atoms with Crippen molar-refractivity contribution in [2.75, 3.05) is 5.32 Å². The van der Waals surface area contributed by atoms with Crippen LogP contribution in [0.25, 0.3) is 0 Å². The number of nitrogens with one attached hydrogen (secondary N) is 1. The van der Waals surface area contributed by atoms with E-state index in [1.54, 1.807) is 0 Å². The van der Waals surface area contributed by atoms with Gasteiger partial charge in [0.2, 0.25) is 0 Å². The first-order chi connectivity index (χ1) is 22.3. The van der Waals surface area contributed by atoms with Crippen LogP contribution in [0.4, 0.5) is 5.69 Å². The monoisotopic (exact) mass is 626 g/mol. The van der Waals surface area contributed by atoms with Gasteiger partial charge < -0.3 is 5.32 Å². The summed E-state index contributed by atoms with van der Waals surface area (Å²) in [5.74, 6) is 0. The SMILES string of the molecule is CCCCCCCCCCCCCCCCCCCc1ccc(NC(C)CCCCCCCCCCCCCCCCC)cc1. The zero-order valence-electron chi connectivity index (χ0n) is 31.4. The minimum Gasteiger partial charge on any atom is -0.383 e. The van der Waals surface area contributed by atoms with Crippen LogP contribution < -0.4 is 5.32 Å². The molecule has 1 atom stereocenters. The molecule has 1 nitrogen and oxygen atoms in total. The highest BCUT2D eigenvalue weighted by Crippen LogP contribution is 2.18. The van der Waals surface area contributed by atoms with Gasteiger partial charge in [0.05, 0.1) is 0 Å². The first-order valence-electron chi connectivity index (χ1n) is 21.1. The van der Waals surface area contributed by atoms with Crippen LogP contribution >= 0.6 is 0 Å². The molecule has 0 radical (unpaired) electrons. The highest BCUT2D eigenvalue weighted by atomic mass is 14.9. The molecule has 264 valence electrons. The van der Waals surface area contributed by atoms with E-state index in [9.17, 15) is 0 Å². The zero-order chi connectivity index (χ0) is 32.3. The number of rotatable bonds is 36. The van der Waals surface area contributed by atoms with Gasteiger partial charge in [0.15, 0.2) is 0 Å². The highest BCUT2D eigenvalue weighted by Gasteiger charge is 2.03. The zero-order valence-corrected chi connectivity index (χ0v) is 31.4. The first-order valence-corrected chi connectivity index (χ1v) is 21.1. The summed E-state index contributed by atoms with van der Waals surface area (Å²) in [6, 6.07) is 9.91. The number of aryl methyl sites for hydroxylation is 1. The minimum absolute atomic E-state index is 0.572. The lowest BCUT2D eigenvalue weighted by atomic mass is 10.0. The molecule has 0 aromatic heterocycles. The highest BCUT2D eigenvalue weighted by molar-refractivity contribution is 5.45. The Morgan fingerprint density at radius 1 is 0.378 bits per heavy atom. The summed E-state index contributed by atoms with van der Waals surface area (Å²) in [6.07, 6.45) is 48.7. The van der Waals surface area contributed by atoms with Crippen molar-refractivity contribution >= 4 is 5.69 Å². The van der Waals surface area contributed by atoms with E-state index in [4.69, 9.17) is 0 Å². The number of unbranched alkanes of at least 4 members (excludes halogenated alkanes) is 30. The van der Waals surface area contributed by atoms with Crippen LogP contribution in [0.2, 0.25) is 0 Å². The van der Waals surface area contributed by atoms with Gasteiger partial charge in [-0.05, 0) is 43.9 Å². The molecule has 0 amide bonds. The lowest BCUT2D eigenvalue weighted by Crippen LogP contribution is -2.14. The van der Waals surface area contributed by atoms with Crippen molar-refractivity contribution in [3.63, 3.8) is 0 Å². The normalized spacial score (nSPS) is 12.2. The number of hydrogen-bond donors (Lipinski definition) is 1. The van der Waals surface area contributed by atoms with Crippen LogP contribution in [0.3, 0.4) is 0 Å². The van der Waals surface area contributed by atoms with Gasteiger partial charge in [0.25, 0.3) is 0 Å². The maximum absolute atomic E-state index is 3.74. The van der Waals surface area contributed by atoms with E-state index < -0.39 is 0 Å². The van der Waals surface area contributed by atoms with Gasteiger partial charge in [0, 0.05) is 11.7 Å². The molecule has 0 aliphatic rings. The molecule has 0 spiro atoms. The summed E-state index contributed by atoms with van der Waals surface area (Å²) in [7, 11) is 0. The van der Waals surface area contributed by atoms with Crippen molar-refractivity contribution in [2.45, 2.75) is 245 Å². The van der Waals surface area contributed by atoms with Crippen molar-refractivity contribution in [3.05, 3.63) is 29.8 Å². The molecule has 1 heteroatoms. The van der Waals surface area contributed by atoms with Crippen LogP contribution in [0.15, 0.2) is 24.3 Å². The second-order valence-electron chi connectivity index (χ2n) is 14.9. The Hall–Kier alpha value is -0.980. The van der Waals surface area contributed by atoms with E-state index in [-0.39, 0.29) is 0 Å². The van der Waals surface area contributed by atoms with E-state index in [2.05, 4.69) is 50.4 Å². The average molecular weight is 626 g/mol. The quantitative estimate of drug-likeness (QED) is 0.0731. The number of benzene rings is 1. The van der Waals surface area contributed by atoms with Crippen molar-refractivity contribution in [3.8, 4) is 0 Å². The summed E-state index contributed by atoms with van der Waals surface area (Å²) in [5.41, 5.74) is 2.81. The van der Waals surface area contributed by atoms with Crippen LogP contribution in [-0.2, 0) is 6.42 Å². The van der Waals surface area contributed by atoms with Crippen molar-refractivity contribution in [2.24, 2.45) is 0 Å². The fourth-order valence-corrected chi connectivity index (χ4v) is 7.00. The third kappa shape index (κ3) is 30.1. The van der Waals surface area contributed by atoms with Gasteiger partial charge in [-0.1, -0.05) is 225 Å². The van der Waals surface area contributed by atoms with Crippen LogP contribution in [0, 0.1) is 0 Å². The van der Waals surface area contributed by atoms with Crippen molar-refractivity contribution in [1.29, 1.82) is 0 Å². The van der Waals surface area contributed by atoms with E-state index in [0.717, 1.165) is 0 Å². The molecule has 0 aliphatic carbocycles. The van der Waals surface area contributed by atoms with Gasteiger partial charge in [-0.15, -0.1) is 0 Å². The number of hydrogen-bond acceptors (Lipinski definition) is 1. The largest absolute Gasteiger partial charge is 0.383 e. The van der Waals surface area contributed by atoms with Gasteiger partial charge in [-0.2, -0.15) is 0 Å². The lowest BCUT2D eigenvalue weighted by molar-refractivity contribution is 0.525. The first kappa shape index (κ1) is 42.0. The third-order valence-corrected chi connectivity index (χ3v) is 10.2. The van der Waals surface area contributed by atoms with Crippen LogP contribution in [-0.4, -0.2) is 6.04 Å². The van der Waals surface area contributed by atoms with Gasteiger partial charge >= 0.3 is 0 Å². The summed E-state index contributed by atoms with van der Waals surface area (Å²) >= 11 is 0. The van der Waals surface area contributed by atoms with Crippen molar-refractivity contribution in [1.82, 2.24) is 0 Å². The van der Waals surface area contributed by atoms with E-state index in [0.29, 0.717) is 6.04 Å². The maximum Gasteiger partial charge on any atom is 0.0342 e. The Bertz CT molecular complexity index is 679. The number of anilines is 1. The van der Waals surface area contributed by atoms with E-state index in [1.165, 1.54) is 230 Å². The minimum atomic E-state index is 0.572. The molecule has 1 aromatic carbocycles. The predicted octanol–water partition coefficient (Wildman–Crippen LogP) is 15.9. The Labute approximate surface area is 285 Å². The fraction of sp³-hybridized carbons (Fsp3) is 0.864. The van der Waals surface area contributed by atoms with Gasteiger partial charge in [-0.25, -0.2) is 0 Å². The van der Waals surface area contributed by atoms with Gasteiger partial charge in [-0.3, -0.25) is 0 Å². The fourth-order valence-electron chi connectivity index (χ4n) is 7.00.